The van der Waals surface area contributed by atoms with Crippen LogP contribution in [0.2, 0.25) is 0 Å². The van der Waals surface area contributed by atoms with Gasteiger partial charge < -0.3 is 24.4 Å². The van der Waals surface area contributed by atoms with Crippen molar-refractivity contribution < 1.29 is 27.4 Å². The molecule has 0 radical (unpaired) electrons. The van der Waals surface area contributed by atoms with Crippen molar-refractivity contribution in [2.24, 2.45) is 0 Å². The van der Waals surface area contributed by atoms with Crippen molar-refractivity contribution in [3.05, 3.63) is 24.2 Å². The Morgan fingerprint density at radius 3 is 2.56 bits per heavy atom. The van der Waals surface area contributed by atoms with Crippen LogP contribution in [-0.2, 0) is 14.6 Å². The van der Waals surface area contributed by atoms with Gasteiger partial charge in [0.1, 0.15) is 18.5 Å². The molecule has 0 bridgehead atoms. The fraction of sp³-hybridized carbons (Fsp3) is 0.545. The van der Waals surface area contributed by atoms with Crippen molar-refractivity contribution in [1.29, 1.82) is 0 Å². The van der Waals surface area contributed by atoms with E-state index in [2.05, 4.69) is 20.3 Å². The number of amides is 1. The van der Waals surface area contributed by atoms with Gasteiger partial charge in [0.2, 0.25) is 5.75 Å². The molecule has 0 aromatic carbocycles. The number of carbonyl (C=O) groups is 1. The van der Waals surface area contributed by atoms with Crippen molar-refractivity contribution in [2.75, 3.05) is 31.8 Å². The number of carbonyl (C=O) groups excluding carboxylic acids is 1. The van der Waals surface area contributed by atoms with E-state index in [1.807, 2.05) is 13.8 Å². The Morgan fingerprint density at radius 1 is 1.26 bits per heavy atom. The maximum Gasteiger partial charge on any atom is 0.410 e. The molecular formula is C22H31N5O6S. The molecular weight excluding hydrogens is 462 g/mol. The number of anilines is 2. The van der Waals surface area contributed by atoms with Crippen LogP contribution in [0.15, 0.2) is 23.5 Å². The van der Waals surface area contributed by atoms with Gasteiger partial charge in [0.15, 0.2) is 20.7 Å². The molecule has 0 aliphatic carbocycles. The predicted molar refractivity (Wildman–Crippen MR) is 125 cm³/mol. The maximum atomic E-state index is 12.2. The van der Waals surface area contributed by atoms with Gasteiger partial charge in [0, 0.05) is 32.2 Å². The third kappa shape index (κ3) is 6.25. The van der Waals surface area contributed by atoms with Crippen LogP contribution in [0.25, 0.3) is 0 Å². The smallest absolute Gasteiger partial charge is 0.410 e. The minimum absolute atomic E-state index is 0.00593. The maximum absolute atomic E-state index is 12.2. The number of ether oxygens (including phenoxy) is 3. The molecule has 0 unspecified atom stereocenters. The molecule has 3 rings (SSSR count). The first kappa shape index (κ1) is 25.5. The third-order valence-corrected chi connectivity index (χ3v) is 6.51. The van der Waals surface area contributed by atoms with Gasteiger partial charge in [0.25, 0.3) is 5.88 Å². The molecule has 34 heavy (non-hydrogen) atoms. The van der Waals surface area contributed by atoms with E-state index in [9.17, 15) is 13.2 Å². The number of aromatic nitrogens is 3. The number of nitrogens with zero attached hydrogens (tertiary/aromatic N) is 4. The van der Waals surface area contributed by atoms with E-state index < -0.39 is 9.84 Å². The summed E-state index contributed by atoms with van der Waals surface area (Å²) in [6.07, 6.45) is 3.92. The first-order valence-corrected chi connectivity index (χ1v) is 13.0. The van der Waals surface area contributed by atoms with Crippen molar-refractivity contribution in [3.8, 4) is 11.6 Å². The molecule has 1 fully saturated rings. The Bertz CT molecular complexity index is 1120. The highest BCUT2D eigenvalue weighted by molar-refractivity contribution is 7.90. The number of likely N-dealkylation sites (tertiary alicyclic amines) is 1. The number of hydrogen-bond acceptors (Lipinski definition) is 10. The van der Waals surface area contributed by atoms with Gasteiger partial charge in [-0.3, -0.25) is 0 Å². The summed E-state index contributed by atoms with van der Waals surface area (Å²) in [5, 5.41) is 3.10. The van der Waals surface area contributed by atoms with Gasteiger partial charge >= 0.3 is 6.09 Å². The summed E-state index contributed by atoms with van der Waals surface area (Å²) in [4.78, 5) is 26.5. The third-order valence-electron chi connectivity index (χ3n) is 5.52. The Kier molecular flexibility index (Phi) is 8.13. The van der Waals surface area contributed by atoms with Crippen molar-refractivity contribution >= 4 is 27.4 Å². The highest BCUT2D eigenvalue weighted by Gasteiger charge is 2.27. The van der Waals surface area contributed by atoms with Gasteiger partial charge in [0.05, 0.1) is 18.5 Å². The van der Waals surface area contributed by atoms with Crippen molar-refractivity contribution in [1.82, 2.24) is 19.9 Å². The summed E-state index contributed by atoms with van der Waals surface area (Å²) >= 11 is 0. The van der Waals surface area contributed by atoms with Crippen LogP contribution >= 0.6 is 0 Å². The van der Waals surface area contributed by atoms with Gasteiger partial charge in [-0.2, -0.15) is 4.98 Å². The summed E-state index contributed by atoms with van der Waals surface area (Å²) in [6, 6.07) is 3.05. The lowest BCUT2D eigenvalue weighted by Crippen LogP contribution is -2.42. The zero-order valence-corrected chi connectivity index (χ0v) is 20.9. The van der Waals surface area contributed by atoms with E-state index in [1.165, 1.54) is 19.5 Å². The summed E-state index contributed by atoms with van der Waals surface area (Å²) in [5.41, 5.74) is 1.06. The minimum Gasteiger partial charge on any atom is -0.489 e. The molecule has 1 atom stereocenters. The van der Waals surface area contributed by atoms with Crippen molar-refractivity contribution in [3.63, 3.8) is 0 Å². The lowest BCUT2D eigenvalue weighted by molar-refractivity contribution is 0.0446. The van der Waals surface area contributed by atoms with E-state index in [-0.39, 0.29) is 29.2 Å². The zero-order valence-electron chi connectivity index (χ0n) is 20.1. The first-order chi connectivity index (χ1) is 16.1. The van der Waals surface area contributed by atoms with Crippen LogP contribution in [0, 0.1) is 6.92 Å². The molecule has 1 aliphatic rings. The molecule has 186 valence electrons. The number of sulfone groups is 1. The van der Waals surface area contributed by atoms with E-state index >= 15 is 0 Å². The number of rotatable bonds is 8. The fourth-order valence-corrected chi connectivity index (χ4v) is 3.98. The summed E-state index contributed by atoms with van der Waals surface area (Å²) in [6.45, 7) is 6.59. The van der Waals surface area contributed by atoms with Crippen LogP contribution < -0.4 is 14.8 Å². The second kappa shape index (κ2) is 10.9. The lowest BCUT2D eigenvalue weighted by Gasteiger charge is -2.32. The van der Waals surface area contributed by atoms with Gasteiger partial charge in [-0.25, -0.2) is 23.2 Å². The number of nitrogens with one attached hydrogen (secondary N) is 1. The predicted octanol–water partition coefficient (Wildman–Crippen LogP) is 3.11. The molecule has 0 spiro atoms. The van der Waals surface area contributed by atoms with Gasteiger partial charge in [-0.05, 0) is 32.4 Å². The quantitative estimate of drug-likeness (QED) is 0.585. The number of methoxy groups -OCH3 is 1. The number of piperidine rings is 1. The molecule has 3 heterocycles. The van der Waals surface area contributed by atoms with E-state index in [1.54, 1.807) is 17.9 Å². The zero-order chi connectivity index (χ0) is 24.9. The minimum atomic E-state index is -3.41. The molecule has 1 saturated heterocycles. The highest BCUT2D eigenvalue weighted by atomic mass is 32.2. The van der Waals surface area contributed by atoms with Gasteiger partial charge in [-0.15, -0.1) is 0 Å². The second-order valence-corrected chi connectivity index (χ2v) is 10.1. The number of hydrogen-bond donors (Lipinski definition) is 1. The highest BCUT2D eigenvalue weighted by Crippen LogP contribution is 2.35. The summed E-state index contributed by atoms with van der Waals surface area (Å²) < 4.78 is 40.5. The summed E-state index contributed by atoms with van der Waals surface area (Å²) in [5.74, 6) is 0.950. The standard InChI is InChI=1S/C22H31N5O6S/c1-6-14(2)32-22(28)27-11-9-16(10-12-27)33-21-19(31-4)20(23-13-24-21)26-17-7-8-18(25-15(17)3)34(5,29)30/h7-8,13-14,16H,6,9-12H2,1-5H3,(H,23,24,26)/t14-/m1/s1. The monoisotopic (exact) mass is 493 g/mol. The van der Waals surface area contributed by atoms with Crippen LogP contribution in [0.1, 0.15) is 38.8 Å². The molecule has 11 nitrogen and oxygen atoms in total. The molecule has 2 aromatic heterocycles. The number of aryl methyl sites for hydroxylation is 1. The normalized spacial score (nSPS) is 15.5. The van der Waals surface area contributed by atoms with Crippen LogP contribution in [0.3, 0.4) is 0 Å². The average molecular weight is 494 g/mol. The Morgan fingerprint density at radius 2 is 1.97 bits per heavy atom. The molecule has 1 aliphatic heterocycles. The van der Waals surface area contributed by atoms with Gasteiger partial charge in [-0.1, -0.05) is 6.92 Å². The van der Waals surface area contributed by atoms with E-state index in [4.69, 9.17) is 14.2 Å². The SMILES string of the molecule is CC[C@@H](C)OC(=O)N1CCC(Oc2ncnc(Nc3ccc(S(C)(=O)=O)nc3C)c2OC)CC1. The Hall–Kier alpha value is -3.15. The Balaban J connectivity index is 1.68. The fourth-order valence-electron chi connectivity index (χ4n) is 3.36. The van der Waals surface area contributed by atoms with Crippen molar-refractivity contribution in [2.45, 2.75) is 57.3 Å². The molecule has 2 aromatic rings. The van der Waals surface area contributed by atoms with E-state index in [0.717, 1.165) is 12.7 Å². The lowest BCUT2D eigenvalue weighted by atomic mass is 10.1. The molecule has 0 saturated carbocycles. The van der Waals surface area contributed by atoms with E-state index in [0.29, 0.717) is 48.9 Å². The van der Waals surface area contributed by atoms with Crippen LogP contribution in [0.4, 0.5) is 16.3 Å². The molecule has 1 N–H and O–H groups in total. The Labute approximate surface area is 199 Å². The summed E-state index contributed by atoms with van der Waals surface area (Å²) in [7, 11) is -1.92. The number of pyridine rings is 1. The topological polar surface area (TPSA) is 133 Å². The molecule has 1 amide bonds. The average Bonchev–Trinajstić information content (AvgIpc) is 2.80. The van der Waals surface area contributed by atoms with Crippen LogP contribution in [0.5, 0.6) is 11.6 Å². The van der Waals surface area contributed by atoms with Crippen LogP contribution in [-0.4, -0.2) is 73.0 Å². The first-order valence-electron chi connectivity index (χ1n) is 11.1. The molecule has 12 heteroatoms. The second-order valence-electron chi connectivity index (χ2n) is 8.15. The largest absolute Gasteiger partial charge is 0.489 e.